The van der Waals surface area contributed by atoms with Gasteiger partial charge >= 0.3 is 0 Å². The average molecular weight is 622 g/mol. The molecule has 0 saturated heterocycles. The van der Waals surface area contributed by atoms with Crippen LogP contribution >= 0.6 is 0 Å². The first-order valence-corrected chi connectivity index (χ1v) is 16.1. The summed E-state index contributed by atoms with van der Waals surface area (Å²) in [6.45, 7) is 4.12. The van der Waals surface area contributed by atoms with Crippen LogP contribution < -0.4 is 9.64 Å². The maximum Gasteiger partial charge on any atom is 0.193 e. The van der Waals surface area contributed by atoms with Crippen molar-refractivity contribution in [3.8, 4) is 33.8 Å². The van der Waals surface area contributed by atoms with Crippen LogP contribution in [-0.2, 0) is 0 Å². The molecule has 0 aliphatic carbocycles. The van der Waals surface area contributed by atoms with E-state index in [4.69, 9.17) is 4.74 Å². The van der Waals surface area contributed by atoms with Crippen LogP contribution in [0.1, 0.15) is 27.0 Å². The number of ether oxygens (including phenoxy) is 1. The molecule has 0 bridgehead atoms. The predicted molar refractivity (Wildman–Crippen MR) is 198 cm³/mol. The first kappa shape index (κ1) is 30.5. The highest BCUT2D eigenvalue weighted by molar-refractivity contribution is 6.09. The molecule has 0 saturated carbocycles. The number of aryl methyl sites for hydroxylation is 2. The molecule has 3 nitrogen and oxygen atoms in total. The van der Waals surface area contributed by atoms with Gasteiger partial charge in [-0.3, -0.25) is 4.79 Å². The highest BCUT2D eigenvalue weighted by Crippen LogP contribution is 2.38. The van der Waals surface area contributed by atoms with Crippen molar-refractivity contribution in [3.05, 3.63) is 198 Å². The number of ketones is 1. The van der Waals surface area contributed by atoms with Gasteiger partial charge in [0.05, 0.1) is 0 Å². The van der Waals surface area contributed by atoms with E-state index in [0.29, 0.717) is 22.6 Å². The van der Waals surface area contributed by atoms with Crippen molar-refractivity contribution in [3.63, 3.8) is 0 Å². The average Bonchev–Trinajstić information content (AvgIpc) is 3.14. The van der Waals surface area contributed by atoms with E-state index in [1.54, 1.807) is 0 Å². The van der Waals surface area contributed by atoms with E-state index in [1.165, 1.54) is 27.8 Å². The van der Waals surface area contributed by atoms with Crippen LogP contribution in [0.2, 0.25) is 0 Å². The Balaban J connectivity index is 1.14. The second-order valence-corrected chi connectivity index (χ2v) is 12.0. The smallest absolute Gasteiger partial charge is 0.193 e. The fourth-order valence-electron chi connectivity index (χ4n) is 5.78. The third-order valence-corrected chi connectivity index (χ3v) is 8.50. The number of nitrogens with zero attached hydrogens (tertiary/aromatic N) is 1. The molecule has 0 N–H and O–H groups in total. The molecular formula is C45H35NO2. The third-order valence-electron chi connectivity index (χ3n) is 8.50. The number of anilines is 3. The molecule has 7 aromatic carbocycles. The lowest BCUT2D eigenvalue weighted by atomic mass is 10.0. The van der Waals surface area contributed by atoms with Gasteiger partial charge in [-0.2, -0.15) is 0 Å². The molecule has 3 heteroatoms. The fraction of sp³-hybridized carbons (Fsp3) is 0.0444. The van der Waals surface area contributed by atoms with Crippen LogP contribution in [0.25, 0.3) is 22.3 Å². The van der Waals surface area contributed by atoms with Gasteiger partial charge in [0.15, 0.2) is 5.78 Å². The minimum Gasteiger partial charge on any atom is -0.457 e. The molecule has 0 unspecified atom stereocenters. The SMILES string of the molecule is Cc1ccc(C(=O)c2ccc(Oc3ccc(N(c4ccc(-c5ccccc5)cc4)c4ccc(-c5ccc(C)cc5)cc4)cc3)cc2)cc1. The lowest BCUT2D eigenvalue weighted by Gasteiger charge is -2.26. The van der Waals surface area contributed by atoms with Gasteiger partial charge in [0.25, 0.3) is 0 Å². The van der Waals surface area contributed by atoms with Gasteiger partial charge in [0, 0.05) is 28.2 Å². The molecule has 0 aliphatic rings. The Hall–Kier alpha value is -6.19. The standard InChI is InChI=1S/C45H35NO2/c1-32-8-12-35(13-9-32)37-18-24-41(25-19-37)46(40-22-16-36(17-23-40)34-6-4-3-5-7-34)42-26-30-44(31-27-42)48-43-28-20-39(21-29-43)45(47)38-14-10-33(2)11-15-38/h3-31H,1-2H3. The zero-order valence-corrected chi connectivity index (χ0v) is 27.0. The van der Waals surface area contributed by atoms with E-state index in [0.717, 1.165) is 22.6 Å². The maximum atomic E-state index is 12.9. The van der Waals surface area contributed by atoms with Crippen LogP contribution in [-0.4, -0.2) is 5.78 Å². The molecule has 232 valence electrons. The molecule has 0 heterocycles. The van der Waals surface area contributed by atoms with Crippen LogP contribution in [0.4, 0.5) is 17.1 Å². The molecule has 0 atom stereocenters. The summed E-state index contributed by atoms with van der Waals surface area (Å²) in [7, 11) is 0. The minimum atomic E-state index is -0.00491. The second kappa shape index (κ2) is 13.7. The highest BCUT2D eigenvalue weighted by atomic mass is 16.5. The van der Waals surface area contributed by atoms with E-state index < -0.39 is 0 Å². The van der Waals surface area contributed by atoms with Crippen molar-refractivity contribution in [1.29, 1.82) is 0 Å². The van der Waals surface area contributed by atoms with Gasteiger partial charge in [-0.25, -0.2) is 0 Å². The molecule has 0 amide bonds. The van der Waals surface area contributed by atoms with Gasteiger partial charge in [0.2, 0.25) is 0 Å². The lowest BCUT2D eigenvalue weighted by Crippen LogP contribution is -2.09. The van der Waals surface area contributed by atoms with Gasteiger partial charge in [-0.1, -0.05) is 114 Å². The van der Waals surface area contributed by atoms with E-state index >= 15 is 0 Å². The molecule has 48 heavy (non-hydrogen) atoms. The largest absolute Gasteiger partial charge is 0.457 e. The van der Waals surface area contributed by atoms with Crippen molar-refractivity contribution in [2.75, 3.05) is 4.90 Å². The minimum absolute atomic E-state index is 0.00491. The molecule has 0 aliphatic heterocycles. The van der Waals surface area contributed by atoms with Crippen molar-refractivity contribution in [1.82, 2.24) is 0 Å². The number of rotatable bonds is 9. The highest BCUT2D eigenvalue weighted by Gasteiger charge is 2.14. The normalized spacial score (nSPS) is 10.8. The molecule has 7 aromatic rings. The summed E-state index contributed by atoms with van der Waals surface area (Å²) in [5.41, 5.74) is 11.5. The number of hydrogen-bond donors (Lipinski definition) is 0. The Labute approximate surface area is 282 Å². The number of carbonyl (C=O) groups excluding carboxylic acids is 1. The van der Waals surface area contributed by atoms with Crippen molar-refractivity contribution in [2.45, 2.75) is 13.8 Å². The molecular weight excluding hydrogens is 587 g/mol. The molecule has 7 rings (SSSR count). The zero-order chi connectivity index (χ0) is 32.9. The summed E-state index contributed by atoms with van der Waals surface area (Å²) in [6, 6.07) is 59.5. The summed E-state index contributed by atoms with van der Waals surface area (Å²) in [5.74, 6) is 1.38. The Bertz CT molecular complexity index is 2120. The van der Waals surface area contributed by atoms with Crippen molar-refractivity contribution < 1.29 is 9.53 Å². The van der Waals surface area contributed by atoms with Gasteiger partial charge in [-0.15, -0.1) is 0 Å². The topological polar surface area (TPSA) is 29.5 Å². The summed E-state index contributed by atoms with van der Waals surface area (Å²) < 4.78 is 6.19. The molecule has 0 aromatic heterocycles. The van der Waals surface area contributed by atoms with Crippen LogP contribution in [0.5, 0.6) is 11.5 Å². The Kier molecular flexibility index (Phi) is 8.67. The maximum absolute atomic E-state index is 12.9. The van der Waals surface area contributed by atoms with Crippen molar-refractivity contribution >= 4 is 22.8 Å². The molecule has 0 radical (unpaired) electrons. The van der Waals surface area contributed by atoms with Gasteiger partial charge in [-0.05, 0) is 109 Å². The summed E-state index contributed by atoms with van der Waals surface area (Å²) in [5, 5.41) is 0. The van der Waals surface area contributed by atoms with Crippen LogP contribution in [0, 0.1) is 13.8 Å². The second-order valence-electron chi connectivity index (χ2n) is 12.0. The van der Waals surface area contributed by atoms with E-state index in [9.17, 15) is 4.79 Å². The summed E-state index contributed by atoms with van der Waals surface area (Å²) in [6.07, 6.45) is 0. The number of benzene rings is 7. The Morgan fingerprint density at radius 1 is 0.396 bits per heavy atom. The van der Waals surface area contributed by atoms with E-state index in [1.807, 2.05) is 73.7 Å². The monoisotopic (exact) mass is 621 g/mol. The first-order valence-electron chi connectivity index (χ1n) is 16.1. The number of carbonyl (C=O) groups is 1. The first-order chi connectivity index (χ1) is 23.5. The van der Waals surface area contributed by atoms with Crippen molar-refractivity contribution in [2.24, 2.45) is 0 Å². The van der Waals surface area contributed by atoms with E-state index in [2.05, 4.69) is 121 Å². The fourth-order valence-corrected chi connectivity index (χ4v) is 5.78. The van der Waals surface area contributed by atoms with Crippen LogP contribution in [0.3, 0.4) is 0 Å². The summed E-state index contributed by atoms with van der Waals surface area (Å²) in [4.78, 5) is 15.2. The van der Waals surface area contributed by atoms with Gasteiger partial charge < -0.3 is 9.64 Å². The van der Waals surface area contributed by atoms with E-state index in [-0.39, 0.29) is 5.78 Å². The third kappa shape index (κ3) is 6.81. The quantitative estimate of drug-likeness (QED) is 0.150. The summed E-state index contributed by atoms with van der Waals surface area (Å²) >= 11 is 0. The Morgan fingerprint density at radius 3 is 1.19 bits per heavy atom. The van der Waals surface area contributed by atoms with Crippen LogP contribution in [0.15, 0.2) is 176 Å². The van der Waals surface area contributed by atoms with Gasteiger partial charge in [0.1, 0.15) is 11.5 Å². The lowest BCUT2D eigenvalue weighted by molar-refractivity contribution is 0.103. The number of hydrogen-bond acceptors (Lipinski definition) is 3. The Morgan fingerprint density at radius 2 is 0.729 bits per heavy atom. The molecule has 0 fully saturated rings. The predicted octanol–water partition coefficient (Wildman–Crippen LogP) is 12.1. The molecule has 0 spiro atoms. The zero-order valence-electron chi connectivity index (χ0n) is 27.0.